The maximum atomic E-state index is 12.3. The fourth-order valence-electron chi connectivity index (χ4n) is 2.14. The summed E-state index contributed by atoms with van der Waals surface area (Å²) >= 11 is 4.90. The molecule has 3 aromatic rings. The lowest BCUT2D eigenvalue weighted by molar-refractivity contribution is -0.384. The minimum absolute atomic E-state index is 0.0575. The Morgan fingerprint density at radius 1 is 1.26 bits per heavy atom. The number of carbonyl (C=O) groups excluding carboxylic acids is 1. The number of aryl methyl sites for hydroxylation is 1. The summed E-state index contributed by atoms with van der Waals surface area (Å²) in [6.07, 6.45) is 0. The summed E-state index contributed by atoms with van der Waals surface area (Å²) in [5.41, 5.74) is 1.22. The second-order valence-electron chi connectivity index (χ2n) is 4.75. The first-order valence-electron chi connectivity index (χ1n) is 6.55. The minimum Gasteiger partial charge on any atom is -0.318 e. The van der Waals surface area contributed by atoms with E-state index in [0.29, 0.717) is 10.4 Å². The second-order valence-corrected chi connectivity index (χ2v) is 6.61. The Labute approximate surface area is 143 Å². The van der Waals surface area contributed by atoms with Crippen molar-refractivity contribution in [1.82, 2.24) is 4.57 Å². The Morgan fingerprint density at radius 2 is 1.96 bits per heavy atom. The molecule has 0 unspecified atom stereocenters. The van der Waals surface area contributed by atoms with Crippen molar-refractivity contribution in [2.45, 2.75) is 0 Å². The molecule has 0 aliphatic rings. The highest BCUT2D eigenvalue weighted by molar-refractivity contribution is 9.10. The number of nitro groups is 1. The van der Waals surface area contributed by atoms with E-state index in [1.807, 2.05) is 29.8 Å². The van der Waals surface area contributed by atoms with Gasteiger partial charge in [0.1, 0.15) is 0 Å². The molecule has 0 fully saturated rings. The van der Waals surface area contributed by atoms with Crippen LogP contribution in [-0.4, -0.2) is 15.4 Å². The number of carbonyl (C=O) groups is 1. The van der Waals surface area contributed by atoms with E-state index in [-0.39, 0.29) is 5.69 Å². The molecule has 0 radical (unpaired) electrons. The van der Waals surface area contributed by atoms with Crippen molar-refractivity contribution in [2.75, 3.05) is 0 Å². The third-order valence-corrected chi connectivity index (χ3v) is 5.03. The quantitative estimate of drug-likeness (QED) is 0.493. The van der Waals surface area contributed by atoms with E-state index < -0.39 is 10.8 Å². The summed E-state index contributed by atoms with van der Waals surface area (Å²) in [5.74, 6) is -0.432. The number of amides is 1. The number of para-hydroxylation sites is 1. The molecular weight excluding hydrogens is 382 g/mol. The number of hydrogen-bond donors (Lipinski definition) is 0. The van der Waals surface area contributed by atoms with E-state index in [2.05, 4.69) is 20.9 Å². The zero-order valence-electron chi connectivity index (χ0n) is 11.9. The molecule has 1 heterocycles. The third-order valence-electron chi connectivity index (χ3n) is 3.30. The number of thiazole rings is 1. The predicted octanol–water partition coefficient (Wildman–Crippen LogP) is 3.65. The van der Waals surface area contributed by atoms with E-state index >= 15 is 0 Å². The van der Waals surface area contributed by atoms with Crippen LogP contribution in [0.3, 0.4) is 0 Å². The van der Waals surface area contributed by atoms with Gasteiger partial charge < -0.3 is 4.57 Å². The van der Waals surface area contributed by atoms with Gasteiger partial charge in [-0.15, -0.1) is 0 Å². The number of fused-ring (bicyclic) bond motifs is 1. The summed E-state index contributed by atoms with van der Waals surface area (Å²) in [7, 11) is 1.84. The molecule has 0 aliphatic carbocycles. The summed E-state index contributed by atoms with van der Waals surface area (Å²) in [6, 6.07) is 11.2. The lowest BCUT2D eigenvalue weighted by Crippen LogP contribution is -2.13. The number of nitro benzene ring substituents is 1. The van der Waals surface area contributed by atoms with Crippen molar-refractivity contribution in [3.63, 3.8) is 0 Å². The third kappa shape index (κ3) is 2.95. The minimum atomic E-state index is -0.505. The van der Waals surface area contributed by atoms with Crippen molar-refractivity contribution < 1.29 is 9.72 Å². The van der Waals surface area contributed by atoms with Crippen molar-refractivity contribution >= 4 is 49.1 Å². The average Bonchev–Trinajstić information content (AvgIpc) is 2.85. The van der Waals surface area contributed by atoms with Crippen LogP contribution in [0, 0.1) is 10.1 Å². The number of rotatable bonds is 2. The van der Waals surface area contributed by atoms with Crippen molar-refractivity contribution in [3.05, 3.63) is 67.4 Å². The van der Waals surface area contributed by atoms with E-state index in [0.717, 1.165) is 14.7 Å². The lowest BCUT2D eigenvalue weighted by Gasteiger charge is -1.98. The highest BCUT2D eigenvalue weighted by Crippen LogP contribution is 2.24. The van der Waals surface area contributed by atoms with Gasteiger partial charge in [-0.1, -0.05) is 17.4 Å². The Morgan fingerprint density at radius 3 is 2.57 bits per heavy atom. The molecule has 0 saturated heterocycles. The Balaban J connectivity index is 2.04. The highest BCUT2D eigenvalue weighted by atomic mass is 79.9. The number of benzene rings is 2. The van der Waals surface area contributed by atoms with Crippen LogP contribution in [0.4, 0.5) is 5.69 Å². The predicted molar refractivity (Wildman–Crippen MR) is 91.5 cm³/mol. The number of non-ortho nitro benzene ring substituents is 1. The van der Waals surface area contributed by atoms with Crippen LogP contribution in [0.25, 0.3) is 10.2 Å². The Bertz CT molecular complexity index is 989. The van der Waals surface area contributed by atoms with Gasteiger partial charge in [0.25, 0.3) is 11.6 Å². The van der Waals surface area contributed by atoms with Gasteiger partial charge in [0.15, 0.2) is 4.80 Å². The molecule has 0 bridgehead atoms. The Kier molecular flexibility index (Phi) is 4.10. The van der Waals surface area contributed by atoms with E-state index in [9.17, 15) is 14.9 Å². The summed E-state index contributed by atoms with van der Waals surface area (Å²) in [4.78, 5) is 27.1. The van der Waals surface area contributed by atoms with Crippen molar-refractivity contribution in [3.8, 4) is 0 Å². The van der Waals surface area contributed by atoms with Crippen molar-refractivity contribution in [1.29, 1.82) is 0 Å². The molecule has 8 heteroatoms. The largest absolute Gasteiger partial charge is 0.318 e. The fourth-order valence-corrected chi connectivity index (χ4v) is 3.95. The zero-order chi connectivity index (χ0) is 16.6. The van der Waals surface area contributed by atoms with Gasteiger partial charge in [-0.25, -0.2) is 0 Å². The second kappa shape index (κ2) is 6.05. The van der Waals surface area contributed by atoms with E-state index in [1.54, 1.807) is 0 Å². The van der Waals surface area contributed by atoms with Gasteiger partial charge in [0, 0.05) is 29.2 Å². The standard InChI is InChI=1S/C15H10BrN3O3S/c1-18-13-11(16)3-2-4-12(13)23-15(18)17-14(20)9-5-7-10(8-6-9)19(21)22/h2-8H,1H3. The molecule has 6 nitrogen and oxygen atoms in total. The molecule has 0 atom stereocenters. The van der Waals surface area contributed by atoms with Gasteiger partial charge in [0.05, 0.1) is 15.1 Å². The molecule has 0 saturated carbocycles. The summed E-state index contributed by atoms with van der Waals surface area (Å²) in [5, 5.41) is 10.6. The number of hydrogen-bond acceptors (Lipinski definition) is 4. The van der Waals surface area contributed by atoms with E-state index in [4.69, 9.17) is 0 Å². The molecule has 2 aromatic carbocycles. The summed E-state index contributed by atoms with van der Waals surface area (Å²) < 4.78 is 3.78. The first kappa shape index (κ1) is 15.6. The molecule has 3 rings (SSSR count). The smallest absolute Gasteiger partial charge is 0.279 e. The molecule has 1 aromatic heterocycles. The first-order chi connectivity index (χ1) is 11.0. The SMILES string of the molecule is Cn1c(=NC(=O)c2ccc([N+](=O)[O-])cc2)sc2cccc(Br)c21. The fraction of sp³-hybridized carbons (Fsp3) is 0.0667. The van der Waals surface area contributed by atoms with Crippen LogP contribution in [0.2, 0.25) is 0 Å². The Hall–Kier alpha value is -2.32. The molecular formula is C15H10BrN3O3S. The average molecular weight is 392 g/mol. The van der Waals surface area contributed by atoms with Gasteiger partial charge >= 0.3 is 0 Å². The maximum Gasteiger partial charge on any atom is 0.279 e. The molecule has 0 aliphatic heterocycles. The van der Waals surface area contributed by atoms with Crippen LogP contribution < -0.4 is 4.80 Å². The van der Waals surface area contributed by atoms with Crippen LogP contribution in [0.15, 0.2) is 51.9 Å². The van der Waals surface area contributed by atoms with Gasteiger partial charge in [-0.2, -0.15) is 4.99 Å². The zero-order valence-corrected chi connectivity index (χ0v) is 14.3. The number of nitrogens with zero attached hydrogens (tertiary/aromatic N) is 3. The molecule has 1 amide bonds. The molecule has 116 valence electrons. The monoisotopic (exact) mass is 391 g/mol. The number of aromatic nitrogens is 1. The van der Waals surface area contributed by atoms with Gasteiger partial charge in [0.2, 0.25) is 0 Å². The number of halogens is 1. The normalized spacial score (nSPS) is 11.8. The highest BCUT2D eigenvalue weighted by Gasteiger charge is 2.11. The summed E-state index contributed by atoms with van der Waals surface area (Å²) in [6.45, 7) is 0. The topological polar surface area (TPSA) is 77.5 Å². The lowest BCUT2D eigenvalue weighted by atomic mass is 10.2. The van der Waals surface area contributed by atoms with Crippen molar-refractivity contribution in [2.24, 2.45) is 12.0 Å². The maximum absolute atomic E-state index is 12.3. The van der Waals surface area contributed by atoms with Gasteiger partial charge in [-0.3, -0.25) is 14.9 Å². The van der Waals surface area contributed by atoms with Crippen LogP contribution in [0.1, 0.15) is 10.4 Å². The molecule has 0 spiro atoms. The van der Waals surface area contributed by atoms with Crippen LogP contribution in [-0.2, 0) is 7.05 Å². The molecule has 23 heavy (non-hydrogen) atoms. The van der Waals surface area contributed by atoms with Gasteiger partial charge in [-0.05, 0) is 40.2 Å². The van der Waals surface area contributed by atoms with Crippen LogP contribution >= 0.6 is 27.3 Å². The first-order valence-corrected chi connectivity index (χ1v) is 8.16. The van der Waals surface area contributed by atoms with Crippen LogP contribution in [0.5, 0.6) is 0 Å². The van der Waals surface area contributed by atoms with E-state index in [1.165, 1.54) is 35.6 Å². The molecule has 0 N–H and O–H groups in total.